The molecule has 120 valence electrons. The molecule has 2 unspecified atom stereocenters. The van der Waals surface area contributed by atoms with Gasteiger partial charge < -0.3 is 11.1 Å². The lowest BCUT2D eigenvalue weighted by Crippen LogP contribution is -2.54. The van der Waals surface area contributed by atoms with Gasteiger partial charge in [0.05, 0.1) is 6.42 Å². The smallest absolute Gasteiger partial charge is 0.224 e. The van der Waals surface area contributed by atoms with Gasteiger partial charge in [-0.1, -0.05) is 30.2 Å². The van der Waals surface area contributed by atoms with Crippen molar-refractivity contribution in [3.05, 3.63) is 34.9 Å². The van der Waals surface area contributed by atoms with Gasteiger partial charge >= 0.3 is 0 Å². The highest BCUT2D eigenvalue weighted by atomic mass is 16.1. The van der Waals surface area contributed by atoms with Crippen LogP contribution in [0, 0.1) is 25.7 Å². The molecule has 3 rings (SSSR count). The minimum atomic E-state index is 0.172. The van der Waals surface area contributed by atoms with Crippen molar-refractivity contribution in [2.75, 3.05) is 0 Å². The largest absolute Gasteiger partial charge is 0.353 e. The van der Waals surface area contributed by atoms with Crippen LogP contribution in [0.4, 0.5) is 0 Å². The van der Waals surface area contributed by atoms with E-state index in [1.54, 1.807) is 0 Å². The Morgan fingerprint density at radius 3 is 2.59 bits per heavy atom. The van der Waals surface area contributed by atoms with Gasteiger partial charge in [0.2, 0.25) is 5.91 Å². The summed E-state index contributed by atoms with van der Waals surface area (Å²) in [6.45, 7) is 4.16. The van der Waals surface area contributed by atoms with E-state index in [0.29, 0.717) is 30.3 Å². The molecule has 3 N–H and O–H groups in total. The molecule has 3 nitrogen and oxygen atoms in total. The van der Waals surface area contributed by atoms with Crippen LogP contribution in [-0.2, 0) is 11.2 Å². The molecule has 2 fully saturated rings. The monoisotopic (exact) mass is 300 g/mol. The normalized spacial score (nSPS) is 30.9. The first kappa shape index (κ1) is 15.5. The Balaban J connectivity index is 1.65. The van der Waals surface area contributed by atoms with Gasteiger partial charge in [0.1, 0.15) is 0 Å². The highest BCUT2D eigenvalue weighted by Crippen LogP contribution is 2.39. The van der Waals surface area contributed by atoms with Crippen LogP contribution in [0.3, 0.4) is 0 Å². The predicted octanol–water partition coefficient (Wildman–Crippen LogP) is 2.87. The second-order valence-corrected chi connectivity index (χ2v) is 7.38. The fourth-order valence-electron chi connectivity index (χ4n) is 4.43. The summed E-state index contributed by atoms with van der Waals surface area (Å²) in [6, 6.07) is 7.02. The number of nitrogens with one attached hydrogen (secondary N) is 1. The lowest BCUT2D eigenvalue weighted by Gasteiger charge is -2.45. The summed E-state index contributed by atoms with van der Waals surface area (Å²) in [5, 5.41) is 3.34. The molecule has 0 aliphatic heterocycles. The van der Waals surface area contributed by atoms with Crippen molar-refractivity contribution >= 4 is 5.91 Å². The van der Waals surface area contributed by atoms with E-state index in [4.69, 9.17) is 5.73 Å². The maximum Gasteiger partial charge on any atom is 0.224 e. The second-order valence-electron chi connectivity index (χ2n) is 7.38. The molecule has 2 bridgehead atoms. The zero-order valence-electron chi connectivity index (χ0n) is 13.8. The third kappa shape index (κ3) is 3.35. The second kappa shape index (κ2) is 6.41. The van der Waals surface area contributed by atoms with Crippen LogP contribution in [0.2, 0.25) is 0 Å². The van der Waals surface area contributed by atoms with Gasteiger partial charge in [-0.15, -0.1) is 0 Å². The van der Waals surface area contributed by atoms with Crippen LogP contribution < -0.4 is 11.1 Å². The number of carbonyl (C=O) groups is 1. The van der Waals surface area contributed by atoms with E-state index in [9.17, 15) is 4.79 Å². The van der Waals surface area contributed by atoms with E-state index >= 15 is 0 Å². The molecule has 1 amide bonds. The fraction of sp³-hybridized carbons (Fsp3) is 0.632. The topological polar surface area (TPSA) is 55.1 Å². The molecule has 2 aliphatic rings. The molecular formula is C19H28N2O. The third-order valence-corrected chi connectivity index (χ3v) is 5.56. The van der Waals surface area contributed by atoms with E-state index in [2.05, 4.69) is 37.4 Å². The Morgan fingerprint density at radius 1 is 1.23 bits per heavy atom. The molecule has 2 atom stereocenters. The summed E-state index contributed by atoms with van der Waals surface area (Å²) in [5.74, 6) is 1.35. The van der Waals surface area contributed by atoms with Crippen LogP contribution >= 0.6 is 0 Å². The van der Waals surface area contributed by atoms with E-state index in [0.717, 1.165) is 18.4 Å². The highest BCUT2D eigenvalue weighted by Gasteiger charge is 2.39. The first-order valence-corrected chi connectivity index (χ1v) is 8.64. The third-order valence-electron chi connectivity index (χ3n) is 5.56. The molecule has 1 aromatic rings. The van der Waals surface area contributed by atoms with E-state index in [-0.39, 0.29) is 5.91 Å². The SMILES string of the molecule is Cc1ccc(C)c(CC(=O)NC2C3CCCC2CC(N)C3)c1. The van der Waals surface area contributed by atoms with Gasteiger partial charge in [0.25, 0.3) is 0 Å². The van der Waals surface area contributed by atoms with Gasteiger partial charge in [0.15, 0.2) is 0 Å². The summed E-state index contributed by atoms with van der Waals surface area (Å²) in [7, 11) is 0. The minimum absolute atomic E-state index is 0.172. The summed E-state index contributed by atoms with van der Waals surface area (Å²) < 4.78 is 0. The minimum Gasteiger partial charge on any atom is -0.353 e. The predicted molar refractivity (Wildman–Crippen MR) is 89.6 cm³/mol. The maximum absolute atomic E-state index is 12.5. The molecule has 1 aromatic carbocycles. The molecule has 3 heteroatoms. The standard InChI is InChI=1S/C19H28N2O/c1-12-6-7-13(2)16(8-12)11-18(22)21-19-14-4-3-5-15(19)10-17(20)9-14/h6-8,14-15,17,19H,3-5,9-11,20H2,1-2H3,(H,21,22). The summed E-state index contributed by atoms with van der Waals surface area (Å²) in [5.41, 5.74) is 9.73. The molecule has 2 saturated carbocycles. The quantitative estimate of drug-likeness (QED) is 0.902. The number of fused-ring (bicyclic) bond motifs is 2. The Hall–Kier alpha value is -1.35. The molecule has 2 aliphatic carbocycles. The lowest BCUT2D eigenvalue weighted by atomic mass is 9.67. The fourth-order valence-corrected chi connectivity index (χ4v) is 4.43. The van der Waals surface area contributed by atoms with Crippen molar-refractivity contribution in [2.24, 2.45) is 17.6 Å². The number of amides is 1. The van der Waals surface area contributed by atoms with Crippen molar-refractivity contribution in [3.8, 4) is 0 Å². The number of hydrogen-bond donors (Lipinski definition) is 2. The van der Waals surface area contributed by atoms with Crippen molar-refractivity contribution in [1.82, 2.24) is 5.32 Å². The highest BCUT2D eigenvalue weighted by molar-refractivity contribution is 5.79. The number of rotatable bonds is 3. The maximum atomic E-state index is 12.5. The lowest BCUT2D eigenvalue weighted by molar-refractivity contribution is -0.122. The average molecular weight is 300 g/mol. The zero-order valence-corrected chi connectivity index (χ0v) is 13.8. The molecule has 0 radical (unpaired) electrons. The van der Waals surface area contributed by atoms with E-state index in [1.165, 1.54) is 30.4 Å². The first-order chi connectivity index (χ1) is 10.5. The molecular weight excluding hydrogens is 272 g/mol. The average Bonchev–Trinajstić information content (AvgIpc) is 2.44. The number of nitrogens with two attached hydrogens (primary N) is 1. The molecule has 0 saturated heterocycles. The van der Waals surface area contributed by atoms with Crippen molar-refractivity contribution in [1.29, 1.82) is 0 Å². The van der Waals surface area contributed by atoms with E-state index < -0.39 is 0 Å². The zero-order chi connectivity index (χ0) is 15.7. The van der Waals surface area contributed by atoms with Crippen LogP contribution in [0.5, 0.6) is 0 Å². The van der Waals surface area contributed by atoms with E-state index in [1.807, 2.05) is 0 Å². The Labute approximate surface area is 133 Å². The van der Waals surface area contributed by atoms with Gasteiger partial charge in [-0.3, -0.25) is 4.79 Å². The Kier molecular flexibility index (Phi) is 4.53. The van der Waals surface area contributed by atoms with Gasteiger partial charge in [0, 0.05) is 12.1 Å². The van der Waals surface area contributed by atoms with Crippen LogP contribution in [-0.4, -0.2) is 18.0 Å². The van der Waals surface area contributed by atoms with Crippen molar-refractivity contribution in [2.45, 2.75) is 64.5 Å². The van der Waals surface area contributed by atoms with Crippen LogP contribution in [0.1, 0.15) is 48.8 Å². The number of carbonyl (C=O) groups excluding carboxylic acids is 1. The summed E-state index contributed by atoms with van der Waals surface area (Å²) in [4.78, 5) is 12.5. The molecule has 22 heavy (non-hydrogen) atoms. The molecule has 0 spiro atoms. The number of benzene rings is 1. The summed E-state index contributed by atoms with van der Waals surface area (Å²) in [6.07, 6.45) is 6.38. The summed E-state index contributed by atoms with van der Waals surface area (Å²) >= 11 is 0. The first-order valence-electron chi connectivity index (χ1n) is 8.64. The van der Waals surface area contributed by atoms with Gasteiger partial charge in [-0.2, -0.15) is 0 Å². The van der Waals surface area contributed by atoms with Crippen LogP contribution in [0.25, 0.3) is 0 Å². The van der Waals surface area contributed by atoms with Gasteiger partial charge in [-0.25, -0.2) is 0 Å². The van der Waals surface area contributed by atoms with Gasteiger partial charge in [-0.05, 0) is 62.5 Å². The molecule has 0 heterocycles. The Morgan fingerprint density at radius 2 is 1.91 bits per heavy atom. The molecule has 0 aromatic heterocycles. The number of aryl methyl sites for hydroxylation is 2. The van der Waals surface area contributed by atoms with Crippen molar-refractivity contribution < 1.29 is 4.79 Å². The Bertz CT molecular complexity index is 540. The van der Waals surface area contributed by atoms with Crippen molar-refractivity contribution in [3.63, 3.8) is 0 Å². The number of hydrogen-bond acceptors (Lipinski definition) is 2. The van der Waals surface area contributed by atoms with Crippen LogP contribution in [0.15, 0.2) is 18.2 Å².